The molecular weight excluding hydrogens is 209 g/mol. The molecule has 1 fully saturated rings. The van der Waals surface area contributed by atoms with Gasteiger partial charge in [-0.1, -0.05) is 6.07 Å². The first-order valence-electron chi connectivity index (χ1n) is 5.28. The Labute approximate surface area is 93.2 Å². The minimum absolute atomic E-state index is 0.161. The first-order valence-corrected chi connectivity index (χ1v) is 5.28. The topological polar surface area (TPSA) is 53.2 Å². The molecular formula is C11H14FN3O. The van der Waals surface area contributed by atoms with Crippen LogP contribution in [0.25, 0.3) is 0 Å². The summed E-state index contributed by atoms with van der Waals surface area (Å²) in [6.07, 6.45) is 0.927. The van der Waals surface area contributed by atoms with Crippen LogP contribution in [-0.4, -0.2) is 25.2 Å². The van der Waals surface area contributed by atoms with Gasteiger partial charge in [-0.2, -0.15) is 0 Å². The van der Waals surface area contributed by atoms with E-state index in [2.05, 4.69) is 16.0 Å². The predicted molar refractivity (Wildman–Crippen MR) is 59.8 cm³/mol. The molecule has 4 nitrogen and oxygen atoms in total. The van der Waals surface area contributed by atoms with E-state index in [4.69, 9.17) is 0 Å². The molecule has 2 amide bonds. The van der Waals surface area contributed by atoms with Crippen molar-refractivity contribution in [2.75, 3.05) is 18.4 Å². The number of rotatable bonds is 2. The zero-order valence-corrected chi connectivity index (χ0v) is 8.79. The van der Waals surface area contributed by atoms with Gasteiger partial charge in [0.15, 0.2) is 0 Å². The fourth-order valence-electron chi connectivity index (χ4n) is 1.70. The minimum Gasteiger partial charge on any atom is -0.334 e. The van der Waals surface area contributed by atoms with Gasteiger partial charge in [-0.3, -0.25) is 0 Å². The second-order valence-electron chi connectivity index (χ2n) is 3.80. The van der Waals surface area contributed by atoms with Crippen LogP contribution in [0.3, 0.4) is 0 Å². The van der Waals surface area contributed by atoms with Gasteiger partial charge in [0.25, 0.3) is 0 Å². The van der Waals surface area contributed by atoms with Gasteiger partial charge in [0.1, 0.15) is 5.82 Å². The Bertz CT molecular complexity index is 377. The molecule has 0 radical (unpaired) electrons. The normalized spacial score (nSPS) is 19.4. The van der Waals surface area contributed by atoms with Crippen LogP contribution in [0, 0.1) is 5.82 Å². The molecule has 0 bridgehead atoms. The van der Waals surface area contributed by atoms with Crippen molar-refractivity contribution >= 4 is 11.7 Å². The van der Waals surface area contributed by atoms with Crippen molar-refractivity contribution in [3.63, 3.8) is 0 Å². The highest BCUT2D eigenvalue weighted by atomic mass is 19.1. The molecule has 86 valence electrons. The molecule has 0 saturated carbocycles. The first-order chi connectivity index (χ1) is 7.74. The predicted octanol–water partition coefficient (Wildman–Crippen LogP) is 1.31. The number of halogens is 1. The number of urea groups is 1. The Hall–Kier alpha value is -1.62. The first kappa shape index (κ1) is 10.9. The monoisotopic (exact) mass is 223 g/mol. The summed E-state index contributed by atoms with van der Waals surface area (Å²) in [5, 5.41) is 8.55. The summed E-state index contributed by atoms with van der Waals surface area (Å²) < 4.78 is 12.8. The summed E-state index contributed by atoms with van der Waals surface area (Å²) >= 11 is 0. The van der Waals surface area contributed by atoms with Crippen LogP contribution >= 0.6 is 0 Å². The highest BCUT2D eigenvalue weighted by Crippen LogP contribution is 2.09. The highest BCUT2D eigenvalue weighted by Gasteiger charge is 2.16. The standard InChI is InChI=1S/C11H14FN3O/c12-8-2-1-3-9(6-8)14-11(16)15-10-4-5-13-7-10/h1-3,6,10,13H,4-5,7H2,(H2,14,15,16). The van der Waals surface area contributed by atoms with E-state index in [9.17, 15) is 9.18 Å². The summed E-state index contributed by atoms with van der Waals surface area (Å²) in [4.78, 5) is 11.5. The Balaban J connectivity index is 1.86. The van der Waals surface area contributed by atoms with Crippen LogP contribution in [0.5, 0.6) is 0 Å². The highest BCUT2D eigenvalue weighted by molar-refractivity contribution is 5.89. The fourth-order valence-corrected chi connectivity index (χ4v) is 1.70. The maximum atomic E-state index is 12.8. The molecule has 1 aliphatic rings. The second-order valence-corrected chi connectivity index (χ2v) is 3.80. The lowest BCUT2D eigenvalue weighted by Crippen LogP contribution is -2.39. The third kappa shape index (κ3) is 2.93. The fraction of sp³-hybridized carbons (Fsp3) is 0.364. The van der Waals surface area contributed by atoms with E-state index in [1.54, 1.807) is 12.1 Å². The molecule has 1 aromatic carbocycles. The molecule has 5 heteroatoms. The summed E-state index contributed by atoms with van der Waals surface area (Å²) in [6.45, 7) is 1.71. The Morgan fingerprint density at radius 1 is 1.50 bits per heavy atom. The Morgan fingerprint density at radius 3 is 3.06 bits per heavy atom. The quantitative estimate of drug-likeness (QED) is 0.708. The largest absolute Gasteiger partial charge is 0.334 e. The number of carbonyl (C=O) groups excluding carboxylic acids is 1. The number of anilines is 1. The lowest BCUT2D eigenvalue weighted by Gasteiger charge is -2.12. The molecule has 16 heavy (non-hydrogen) atoms. The SMILES string of the molecule is O=C(Nc1cccc(F)c1)NC1CCNC1. The zero-order chi connectivity index (χ0) is 11.4. The van der Waals surface area contributed by atoms with E-state index >= 15 is 0 Å². The number of carbonyl (C=O) groups is 1. The molecule has 3 N–H and O–H groups in total. The van der Waals surface area contributed by atoms with Crippen LogP contribution in [0.1, 0.15) is 6.42 Å². The van der Waals surface area contributed by atoms with Crippen molar-refractivity contribution in [3.8, 4) is 0 Å². The van der Waals surface area contributed by atoms with Crippen molar-refractivity contribution in [2.24, 2.45) is 0 Å². The van der Waals surface area contributed by atoms with Crippen LogP contribution in [-0.2, 0) is 0 Å². The van der Waals surface area contributed by atoms with Crippen molar-refractivity contribution in [3.05, 3.63) is 30.1 Å². The molecule has 1 unspecified atom stereocenters. The van der Waals surface area contributed by atoms with E-state index in [1.165, 1.54) is 12.1 Å². The van der Waals surface area contributed by atoms with E-state index < -0.39 is 0 Å². The van der Waals surface area contributed by atoms with Gasteiger partial charge in [0, 0.05) is 18.3 Å². The zero-order valence-electron chi connectivity index (χ0n) is 8.79. The van der Waals surface area contributed by atoms with Gasteiger partial charge < -0.3 is 16.0 Å². The molecule has 1 aliphatic heterocycles. The number of benzene rings is 1. The Kier molecular flexibility index (Phi) is 3.36. The maximum Gasteiger partial charge on any atom is 0.319 e. The molecule has 1 atom stereocenters. The van der Waals surface area contributed by atoms with Gasteiger partial charge in [0.2, 0.25) is 0 Å². The van der Waals surface area contributed by atoms with Gasteiger partial charge >= 0.3 is 6.03 Å². The van der Waals surface area contributed by atoms with Gasteiger partial charge in [-0.05, 0) is 31.2 Å². The summed E-state index contributed by atoms with van der Waals surface area (Å²) in [6, 6.07) is 5.70. The summed E-state index contributed by atoms with van der Waals surface area (Å²) in [7, 11) is 0. The van der Waals surface area contributed by atoms with E-state index in [0.717, 1.165) is 19.5 Å². The smallest absolute Gasteiger partial charge is 0.319 e. The van der Waals surface area contributed by atoms with E-state index in [1.807, 2.05) is 0 Å². The van der Waals surface area contributed by atoms with Crippen molar-refractivity contribution in [1.29, 1.82) is 0 Å². The number of amides is 2. The third-order valence-electron chi connectivity index (χ3n) is 2.48. The summed E-state index contributed by atoms with van der Waals surface area (Å²) in [5.41, 5.74) is 0.462. The molecule has 1 saturated heterocycles. The molecule has 2 rings (SSSR count). The number of nitrogens with one attached hydrogen (secondary N) is 3. The molecule has 0 aliphatic carbocycles. The lowest BCUT2D eigenvalue weighted by atomic mass is 10.3. The van der Waals surface area contributed by atoms with Crippen LogP contribution in [0.15, 0.2) is 24.3 Å². The molecule has 1 heterocycles. The minimum atomic E-state index is -0.361. The second kappa shape index (κ2) is 4.94. The average Bonchev–Trinajstić information content (AvgIpc) is 2.70. The number of hydrogen-bond acceptors (Lipinski definition) is 2. The van der Waals surface area contributed by atoms with Gasteiger partial charge in [0.05, 0.1) is 0 Å². The molecule has 0 spiro atoms. The third-order valence-corrected chi connectivity index (χ3v) is 2.48. The Morgan fingerprint density at radius 2 is 2.38 bits per heavy atom. The van der Waals surface area contributed by atoms with E-state index in [0.29, 0.717) is 5.69 Å². The van der Waals surface area contributed by atoms with Gasteiger partial charge in [-0.15, -0.1) is 0 Å². The van der Waals surface area contributed by atoms with Crippen molar-refractivity contribution in [1.82, 2.24) is 10.6 Å². The van der Waals surface area contributed by atoms with Crippen LogP contribution < -0.4 is 16.0 Å². The van der Waals surface area contributed by atoms with E-state index in [-0.39, 0.29) is 17.9 Å². The molecule has 0 aromatic heterocycles. The average molecular weight is 223 g/mol. The maximum absolute atomic E-state index is 12.8. The van der Waals surface area contributed by atoms with Crippen LogP contribution in [0.2, 0.25) is 0 Å². The molecule has 1 aromatic rings. The van der Waals surface area contributed by atoms with Crippen molar-refractivity contribution < 1.29 is 9.18 Å². The summed E-state index contributed by atoms with van der Waals surface area (Å²) in [5.74, 6) is -0.361. The number of hydrogen-bond donors (Lipinski definition) is 3. The van der Waals surface area contributed by atoms with Gasteiger partial charge in [-0.25, -0.2) is 9.18 Å². The lowest BCUT2D eigenvalue weighted by molar-refractivity contribution is 0.249. The van der Waals surface area contributed by atoms with Crippen molar-refractivity contribution in [2.45, 2.75) is 12.5 Å². The van der Waals surface area contributed by atoms with Crippen LogP contribution in [0.4, 0.5) is 14.9 Å².